The van der Waals surface area contributed by atoms with Crippen LogP contribution in [0.5, 0.6) is 5.75 Å². The molecule has 0 fully saturated rings. The van der Waals surface area contributed by atoms with Gasteiger partial charge >= 0.3 is 5.97 Å². The number of methoxy groups -OCH3 is 1. The number of nitrogens with one attached hydrogen (secondary N) is 1. The minimum absolute atomic E-state index is 0.135. The summed E-state index contributed by atoms with van der Waals surface area (Å²) in [6.45, 7) is 4.18. The van der Waals surface area contributed by atoms with E-state index in [2.05, 4.69) is 24.0 Å². The first kappa shape index (κ1) is 13.1. The molecule has 0 amide bonds. The van der Waals surface area contributed by atoms with Gasteiger partial charge in [-0.2, -0.15) is 5.10 Å². The van der Waals surface area contributed by atoms with Crippen LogP contribution in [0.3, 0.4) is 0 Å². The molecule has 0 saturated carbocycles. The number of hydrogen-bond acceptors (Lipinski definition) is 3. The van der Waals surface area contributed by atoms with E-state index in [0.29, 0.717) is 22.9 Å². The fourth-order valence-corrected chi connectivity index (χ4v) is 1.93. The van der Waals surface area contributed by atoms with Crippen molar-refractivity contribution in [2.24, 2.45) is 0 Å². The molecule has 1 aromatic heterocycles. The molecule has 0 atom stereocenters. The minimum atomic E-state index is -1.02. The summed E-state index contributed by atoms with van der Waals surface area (Å²) >= 11 is 0. The summed E-state index contributed by atoms with van der Waals surface area (Å²) in [6.07, 6.45) is 1.30. The van der Waals surface area contributed by atoms with Crippen molar-refractivity contribution in [1.82, 2.24) is 10.2 Å². The number of carbonyl (C=O) groups is 1. The molecular weight excluding hydrogens is 244 g/mol. The Morgan fingerprint density at radius 1 is 1.42 bits per heavy atom. The Kier molecular flexibility index (Phi) is 3.55. The zero-order valence-electron chi connectivity index (χ0n) is 11.1. The molecule has 0 unspecified atom stereocenters. The molecule has 2 rings (SSSR count). The van der Waals surface area contributed by atoms with Gasteiger partial charge < -0.3 is 9.84 Å². The smallest absolute Gasteiger partial charge is 0.339 e. The molecule has 5 heteroatoms. The van der Waals surface area contributed by atoms with Gasteiger partial charge in [0, 0.05) is 5.56 Å². The zero-order valence-corrected chi connectivity index (χ0v) is 11.1. The number of H-pyrrole nitrogens is 1. The van der Waals surface area contributed by atoms with Crippen LogP contribution in [0.25, 0.3) is 11.3 Å². The van der Waals surface area contributed by atoms with Crippen molar-refractivity contribution in [3.05, 3.63) is 35.5 Å². The standard InChI is InChI=1S/C14H16N2O3/c1-8(2)9-4-5-10(12(6-9)19-3)13-11(14(17)18)7-15-16-13/h4-8H,1-3H3,(H,15,16)(H,17,18). The minimum Gasteiger partial charge on any atom is -0.496 e. The summed E-state index contributed by atoms with van der Waals surface area (Å²) in [6, 6.07) is 5.75. The van der Waals surface area contributed by atoms with Crippen molar-refractivity contribution in [3.63, 3.8) is 0 Å². The highest BCUT2D eigenvalue weighted by Crippen LogP contribution is 2.33. The molecule has 0 radical (unpaired) electrons. The van der Waals surface area contributed by atoms with Gasteiger partial charge in [-0.25, -0.2) is 4.79 Å². The number of aromatic carboxylic acids is 1. The van der Waals surface area contributed by atoms with Crippen LogP contribution in [-0.4, -0.2) is 28.4 Å². The molecule has 19 heavy (non-hydrogen) atoms. The van der Waals surface area contributed by atoms with E-state index in [1.165, 1.54) is 6.20 Å². The highest BCUT2D eigenvalue weighted by molar-refractivity contribution is 5.95. The zero-order chi connectivity index (χ0) is 14.0. The molecule has 0 aliphatic rings. The van der Waals surface area contributed by atoms with Crippen molar-refractivity contribution in [2.75, 3.05) is 7.11 Å². The summed E-state index contributed by atoms with van der Waals surface area (Å²) < 4.78 is 5.35. The maximum atomic E-state index is 11.1. The molecule has 2 N–H and O–H groups in total. The highest BCUT2D eigenvalue weighted by Gasteiger charge is 2.18. The van der Waals surface area contributed by atoms with Gasteiger partial charge in [0.25, 0.3) is 0 Å². The molecular formula is C14H16N2O3. The second-order valence-electron chi connectivity index (χ2n) is 4.58. The van der Waals surface area contributed by atoms with Crippen molar-refractivity contribution in [3.8, 4) is 17.0 Å². The number of aromatic amines is 1. The van der Waals surface area contributed by atoms with Gasteiger partial charge in [-0.05, 0) is 23.6 Å². The quantitative estimate of drug-likeness (QED) is 0.886. The third-order valence-electron chi connectivity index (χ3n) is 3.03. The monoisotopic (exact) mass is 260 g/mol. The van der Waals surface area contributed by atoms with Gasteiger partial charge in [0.05, 0.1) is 19.0 Å². The Balaban J connectivity index is 2.56. The summed E-state index contributed by atoms with van der Waals surface area (Å²) in [7, 11) is 1.57. The highest BCUT2D eigenvalue weighted by atomic mass is 16.5. The number of rotatable bonds is 4. The summed E-state index contributed by atoms with van der Waals surface area (Å²) in [4.78, 5) is 11.1. The third-order valence-corrected chi connectivity index (χ3v) is 3.03. The van der Waals surface area contributed by atoms with E-state index >= 15 is 0 Å². The summed E-state index contributed by atoms with van der Waals surface area (Å²) in [5.74, 6) is 0.000324. The number of benzene rings is 1. The Hall–Kier alpha value is -2.30. The van der Waals surface area contributed by atoms with Crippen LogP contribution in [0.4, 0.5) is 0 Å². The van der Waals surface area contributed by atoms with E-state index in [-0.39, 0.29) is 5.56 Å². The van der Waals surface area contributed by atoms with Crippen LogP contribution < -0.4 is 4.74 Å². The van der Waals surface area contributed by atoms with Crippen molar-refractivity contribution >= 4 is 5.97 Å². The van der Waals surface area contributed by atoms with E-state index in [9.17, 15) is 4.79 Å². The second-order valence-corrected chi connectivity index (χ2v) is 4.58. The van der Waals surface area contributed by atoms with Crippen molar-refractivity contribution in [2.45, 2.75) is 19.8 Å². The second kappa shape index (κ2) is 5.14. The van der Waals surface area contributed by atoms with Crippen LogP contribution in [0.2, 0.25) is 0 Å². The van der Waals surface area contributed by atoms with Crippen molar-refractivity contribution in [1.29, 1.82) is 0 Å². The van der Waals surface area contributed by atoms with Gasteiger partial charge in [0.2, 0.25) is 0 Å². The van der Waals surface area contributed by atoms with Gasteiger partial charge in [-0.1, -0.05) is 19.9 Å². The van der Waals surface area contributed by atoms with Crippen LogP contribution in [-0.2, 0) is 0 Å². The predicted octanol–water partition coefficient (Wildman–Crippen LogP) is 2.91. The number of nitrogens with zero attached hydrogens (tertiary/aromatic N) is 1. The third kappa shape index (κ3) is 2.45. The molecule has 0 aliphatic carbocycles. The largest absolute Gasteiger partial charge is 0.496 e. The molecule has 1 aromatic carbocycles. The van der Waals surface area contributed by atoms with Crippen LogP contribution in [0, 0.1) is 0 Å². The molecule has 100 valence electrons. The number of carboxylic acid groups (broad SMARTS) is 1. The van der Waals surface area contributed by atoms with E-state index in [4.69, 9.17) is 9.84 Å². The Labute approximate surface area is 111 Å². The first-order chi connectivity index (χ1) is 9.04. The summed E-state index contributed by atoms with van der Waals surface area (Å²) in [5.41, 5.74) is 2.43. The normalized spacial score (nSPS) is 10.7. The van der Waals surface area contributed by atoms with E-state index < -0.39 is 5.97 Å². The average molecular weight is 260 g/mol. The lowest BCUT2D eigenvalue weighted by molar-refractivity contribution is 0.0698. The average Bonchev–Trinajstić information content (AvgIpc) is 2.87. The van der Waals surface area contributed by atoms with Gasteiger partial charge in [0.1, 0.15) is 11.3 Å². The fourth-order valence-electron chi connectivity index (χ4n) is 1.93. The lowest BCUT2D eigenvalue weighted by Crippen LogP contribution is -1.99. The SMILES string of the molecule is COc1cc(C(C)C)ccc1-c1[nH]ncc1C(=O)O. The molecule has 0 saturated heterocycles. The topological polar surface area (TPSA) is 75.2 Å². The van der Waals surface area contributed by atoms with E-state index in [1.807, 2.05) is 18.2 Å². The van der Waals surface area contributed by atoms with Crippen molar-refractivity contribution < 1.29 is 14.6 Å². The first-order valence-electron chi connectivity index (χ1n) is 5.99. The number of carboxylic acids is 1. The van der Waals surface area contributed by atoms with Gasteiger partial charge in [-0.3, -0.25) is 5.10 Å². The molecule has 1 heterocycles. The maximum absolute atomic E-state index is 11.1. The van der Waals surface area contributed by atoms with Gasteiger partial charge in [-0.15, -0.1) is 0 Å². The Morgan fingerprint density at radius 2 is 2.16 bits per heavy atom. The number of hydrogen-bond donors (Lipinski definition) is 2. The van der Waals surface area contributed by atoms with Crippen LogP contribution in [0.1, 0.15) is 35.7 Å². The molecule has 2 aromatic rings. The maximum Gasteiger partial charge on any atom is 0.339 e. The summed E-state index contributed by atoms with van der Waals surface area (Å²) in [5, 5.41) is 15.6. The molecule has 0 bridgehead atoms. The Morgan fingerprint density at radius 3 is 2.74 bits per heavy atom. The number of aromatic nitrogens is 2. The van der Waals surface area contributed by atoms with Gasteiger partial charge in [0.15, 0.2) is 0 Å². The lowest BCUT2D eigenvalue weighted by Gasteiger charge is -2.12. The van der Waals surface area contributed by atoms with E-state index in [0.717, 1.165) is 5.56 Å². The predicted molar refractivity (Wildman–Crippen MR) is 71.6 cm³/mol. The number of ether oxygens (including phenoxy) is 1. The first-order valence-corrected chi connectivity index (χ1v) is 5.99. The molecule has 0 aliphatic heterocycles. The lowest BCUT2D eigenvalue weighted by atomic mass is 9.99. The molecule has 5 nitrogen and oxygen atoms in total. The van der Waals surface area contributed by atoms with E-state index in [1.54, 1.807) is 7.11 Å². The van der Waals surface area contributed by atoms with Crippen LogP contribution >= 0.6 is 0 Å². The van der Waals surface area contributed by atoms with Crippen LogP contribution in [0.15, 0.2) is 24.4 Å². The molecule has 0 spiro atoms. The fraction of sp³-hybridized carbons (Fsp3) is 0.286. The Bertz CT molecular complexity index is 602.